The number of halogens is 3. The van der Waals surface area contributed by atoms with E-state index < -0.39 is 0 Å². The van der Waals surface area contributed by atoms with Gasteiger partial charge in [0.2, 0.25) is 0 Å². The Morgan fingerprint density at radius 2 is 1.79 bits per heavy atom. The van der Waals surface area contributed by atoms with Crippen LogP contribution in [0.2, 0.25) is 15.1 Å². The van der Waals surface area contributed by atoms with Gasteiger partial charge in [0, 0.05) is 39.0 Å². The van der Waals surface area contributed by atoms with Crippen LogP contribution in [-0.4, -0.2) is 18.3 Å². The van der Waals surface area contributed by atoms with Crippen molar-refractivity contribution in [3.8, 4) is 0 Å². The van der Waals surface area contributed by atoms with Crippen LogP contribution in [0.25, 0.3) is 0 Å². The highest BCUT2D eigenvalue weighted by Crippen LogP contribution is 2.47. The van der Waals surface area contributed by atoms with Gasteiger partial charge in [-0.05, 0) is 48.4 Å². The molecule has 28 heavy (non-hydrogen) atoms. The van der Waals surface area contributed by atoms with Crippen molar-refractivity contribution in [2.24, 2.45) is 5.92 Å². The maximum Gasteiger partial charge on any atom is 0.306 e. The van der Waals surface area contributed by atoms with Gasteiger partial charge in [-0.1, -0.05) is 59.1 Å². The lowest BCUT2D eigenvalue weighted by molar-refractivity contribution is -0.140. The Hall–Kier alpha value is -1.81. The molecule has 1 saturated heterocycles. The van der Waals surface area contributed by atoms with Gasteiger partial charge in [-0.15, -0.1) is 0 Å². The largest absolute Gasteiger partial charge is 0.462 e. The van der Waals surface area contributed by atoms with Crippen molar-refractivity contribution in [1.29, 1.82) is 5.41 Å². The van der Waals surface area contributed by atoms with Crippen molar-refractivity contribution in [1.82, 2.24) is 0 Å². The molecule has 0 amide bonds. The number of carbonyl (C=O) groups is 1. The molecule has 4 atom stereocenters. The number of rotatable bonds is 6. The maximum atomic E-state index is 12.0. The van der Waals surface area contributed by atoms with E-state index in [9.17, 15) is 4.79 Å². The van der Waals surface area contributed by atoms with Gasteiger partial charge in [0.1, 0.15) is 6.10 Å². The first-order valence-electron chi connectivity index (χ1n) is 8.98. The van der Waals surface area contributed by atoms with E-state index in [0.717, 1.165) is 11.1 Å². The fourth-order valence-corrected chi connectivity index (χ4v) is 4.55. The molecule has 0 saturated carbocycles. The molecule has 6 heteroatoms. The topological polar surface area (TPSA) is 50.2 Å². The molecular weight excluding hydrogens is 417 g/mol. The SMILES string of the molecule is C[C@H]1OC(=O)C[C@@H]1[C@@H](c1ccc(Cl)cc1)[C@@H](/C=C\C=N)c1ccc(Cl)cc1Cl. The zero-order valence-corrected chi connectivity index (χ0v) is 17.5. The van der Waals surface area contributed by atoms with E-state index in [1.165, 1.54) is 6.21 Å². The van der Waals surface area contributed by atoms with Crippen molar-refractivity contribution in [3.05, 3.63) is 80.8 Å². The first kappa shape index (κ1) is 20.9. The minimum atomic E-state index is -0.227. The lowest BCUT2D eigenvalue weighted by Crippen LogP contribution is -2.25. The lowest BCUT2D eigenvalue weighted by Gasteiger charge is -2.32. The summed E-state index contributed by atoms with van der Waals surface area (Å²) in [5, 5.41) is 9.18. The third kappa shape index (κ3) is 4.60. The highest BCUT2D eigenvalue weighted by atomic mass is 35.5. The summed E-state index contributed by atoms with van der Waals surface area (Å²) in [4.78, 5) is 12.0. The fourth-order valence-electron chi connectivity index (χ4n) is 3.89. The predicted octanol–water partition coefficient (Wildman–Crippen LogP) is 6.67. The first-order valence-corrected chi connectivity index (χ1v) is 10.1. The van der Waals surface area contributed by atoms with Crippen LogP contribution < -0.4 is 0 Å². The molecule has 146 valence electrons. The van der Waals surface area contributed by atoms with Gasteiger partial charge in [-0.25, -0.2) is 0 Å². The Kier molecular flexibility index (Phi) is 6.82. The minimum absolute atomic E-state index is 0.0409. The number of hydrogen-bond acceptors (Lipinski definition) is 3. The van der Waals surface area contributed by atoms with Crippen LogP contribution in [0.3, 0.4) is 0 Å². The quantitative estimate of drug-likeness (QED) is 0.406. The number of allylic oxidation sites excluding steroid dienone is 2. The highest BCUT2D eigenvalue weighted by Gasteiger charge is 2.41. The second kappa shape index (κ2) is 9.13. The number of esters is 1. The Balaban J connectivity index is 2.15. The summed E-state index contributed by atoms with van der Waals surface area (Å²) in [5.74, 6) is -0.502. The second-order valence-corrected chi connectivity index (χ2v) is 8.16. The van der Waals surface area contributed by atoms with Gasteiger partial charge in [-0.2, -0.15) is 0 Å². The van der Waals surface area contributed by atoms with E-state index >= 15 is 0 Å². The van der Waals surface area contributed by atoms with Gasteiger partial charge >= 0.3 is 5.97 Å². The number of cyclic esters (lactones) is 1. The van der Waals surface area contributed by atoms with E-state index in [4.69, 9.17) is 44.9 Å². The molecule has 3 rings (SSSR count). The Morgan fingerprint density at radius 1 is 1.11 bits per heavy atom. The Morgan fingerprint density at radius 3 is 2.36 bits per heavy atom. The average Bonchev–Trinajstić information content (AvgIpc) is 2.98. The number of carbonyl (C=O) groups excluding carboxylic acids is 1. The predicted molar refractivity (Wildman–Crippen MR) is 115 cm³/mol. The summed E-state index contributed by atoms with van der Waals surface area (Å²) < 4.78 is 5.45. The van der Waals surface area contributed by atoms with Gasteiger partial charge in [0.15, 0.2) is 0 Å². The van der Waals surface area contributed by atoms with E-state index in [0.29, 0.717) is 21.5 Å². The van der Waals surface area contributed by atoms with Crippen LogP contribution in [0.15, 0.2) is 54.6 Å². The molecular formula is C22H20Cl3NO2. The Labute approximate surface area is 179 Å². The summed E-state index contributed by atoms with van der Waals surface area (Å²) >= 11 is 18.7. The van der Waals surface area contributed by atoms with E-state index in [2.05, 4.69) is 0 Å². The summed E-state index contributed by atoms with van der Waals surface area (Å²) in [6.07, 6.45) is 4.96. The van der Waals surface area contributed by atoms with Gasteiger partial charge in [0.25, 0.3) is 0 Å². The zero-order chi connectivity index (χ0) is 20.3. The van der Waals surface area contributed by atoms with E-state index in [1.54, 1.807) is 18.2 Å². The molecule has 1 aliphatic heterocycles. The summed E-state index contributed by atoms with van der Waals surface area (Å²) in [6.45, 7) is 1.92. The van der Waals surface area contributed by atoms with Gasteiger partial charge < -0.3 is 10.1 Å². The summed E-state index contributed by atoms with van der Waals surface area (Å²) in [5.41, 5.74) is 1.92. The highest BCUT2D eigenvalue weighted by molar-refractivity contribution is 6.35. The molecule has 1 N–H and O–H groups in total. The van der Waals surface area contributed by atoms with Crippen molar-refractivity contribution < 1.29 is 9.53 Å². The van der Waals surface area contributed by atoms with Gasteiger partial charge in [0.05, 0.1) is 6.42 Å². The molecule has 2 aromatic rings. The Bertz CT molecular complexity index is 895. The molecule has 1 aliphatic rings. The van der Waals surface area contributed by atoms with Crippen molar-refractivity contribution >= 4 is 47.0 Å². The van der Waals surface area contributed by atoms with Crippen molar-refractivity contribution in [2.75, 3.05) is 0 Å². The van der Waals surface area contributed by atoms with Crippen LogP contribution in [0.4, 0.5) is 0 Å². The monoisotopic (exact) mass is 435 g/mol. The van der Waals surface area contributed by atoms with Crippen molar-refractivity contribution in [2.45, 2.75) is 31.3 Å². The molecule has 0 radical (unpaired) electrons. The second-order valence-electron chi connectivity index (χ2n) is 6.88. The van der Waals surface area contributed by atoms with Crippen molar-refractivity contribution in [3.63, 3.8) is 0 Å². The molecule has 1 fully saturated rings. The van der Waals surface area contributed by atoms with Crippen LogP contribution in [0.1, 0.15) is 36.3 Å². The van der Waals surface area contributed by atoms with Crippen LogP contribution in [0.5, 0.6) is 0 Å². The summed E-state index contributed by atoms with van der Waals surface area (Å²) in [6, 6.07) is 13.0. The molecule has 0 spiro atoms. The van der Waals surface area contributed by atoms with Crippen LogP contribution in [0, 0.1) is 11.3 Å². The number of benzene rings is 2. The minimum Gasteiger partial charge on any atom is -0.462 e. The fraction of sp³-hybridized carbons (Fsp3) is 0.273. The molecule has 0 aromatic heterocycles. The third-order valence-electron chi connectivity index (χ3n) is 5.16. The van der Waals surface area contributed by atoms with E-state index in [1.807, 2.05) is 43.3 Å². The zero-order valence-electron chi connectivity index (χ0n) is 15.2. The number of nitrogens with one attached hydrogen (secondary N) is 1. The number of hydrogen-bond donors (Lipinski definition) is 1. The molecule has 1 heterocycles. The van der Waals surface area contributed by atoms with Crippen LogP contribution >= 0.6 is 34.8 Å². The molecule has 0 unspecified atom stereocenters. The average molecular weight is 437 g/mol. The van der Waals surface area contributed by atoms with Gasteiger partial charge in [-0.3, -0.25) is 4.79 Å². The van der Waals surface area contributed by atoms with Crippen LogP contribution in [-0.2, 0) is 9.53 Å². The first-order chi connectivity index (χ1) is 13.4. The molecule has 0 bridgehead atoms. The smallest absolute Gasteiger partial charge is 0.306 e. The summed E-state index contributed by atoms with van der Waals surface area (Å²) in [7, 11) is 0. The standard InChI is InChI=1S/C22H20Cl3NO2/c1-13-19(12-21(27)28-13)22(14-4-6-15(23)7-5-14)18(3-2-10-26)17-9-8-16(24)11-20(17)25/h2-11,13,18-19,22,26H,12H2,1H3/b3-2-,26-10?/t13-,18+,19+,22+/m1/s1. The van der Waals surface area contributed by atoms with E-state index in [-0.39, 0.29) is 29.8 Å². The normalized spacial score (nSPS) is 21.5. The maximum absolute atomic E-state index is 12.0. The molecule has 2 aromatic carbocycles. The number of ether oxygens (including phenoxy) is 1. The third-order valence-corrected chi connectivity index (χ3v) is 5.98. The molecule has 0 aliphatic carbocycles. The lowest BCUT2D eigenvalue weighted by atomic mass is 9.71. The molecule has 3 nitrogen and oxygen atoms in total.